The number of rotatable bonds is 5. The van der Waals surface area contributed by atoms with E-state index in [-0.39, 0.29) is 21.7 Å². The van der Waals surface area contributed by atoms with Crippen molar-refractivity contribution in [1.29, 1.82) is 5.41 Å². The van der Waals surface area contributed by atoms with Crippen molar-refractivity contribution in [3.05, 3.63) is 29.4 Å². The maximum absolute atomic E-state index is 12.3. The van der Waals surface area contributed by atoms with Gasteiger partial charge in [-0.1, -0.05) is 17.7 Å². The number of aromatic nitrogens is 1. The first-order valence-corrected chi connectivity index (χ1v) is 9.67. The van der Waals surface area contributed by atoms with Gasteiger partial charge < -0.3 is 21.3 Å². The summed E-state index contributed by atoms with van der Waals surface area (Å²) in [5, 5.41) is 26.8. The fourth-order valence-electron chi connectivity index (χ4n) is 1.93. The van der Waals surface area contributed by atoms with E-state index in [1.165, 1.54) is 31.3 Å². The zero-order valence-corrected chi connectivity index (χ0v) is 16.9. The molecule has 0 fully saturated rings. The summed E-state index contributed by atoms with van der Waals surface area (Å²) in [5.41, 5.74) is 5.28. The van der Waals surface area contributed by atoms with E-state index in [4.69, 9.17) is 37.8 Å². The minimum Gasteiger partial charge on any atom is -0.480 e. The highest BCUT2D eigenvalue weighted by Gasteiger charge is 2.38. The molecule has 0 saturated carbocycles. The molecular formula is C15H15ClF3N5O6S. The average Bonchev–Trinajstić information content (AvgIpc) is 2.62. The van der Waals surface area contributed by atoms with Crippen molar-refractivity contribution in [2.45, 2.75) is 24.0 Å². The van der Waals surface area contributed by atoms with Crippen LogP contribution in [-0.2, 0) is 19.6 Å². The predicted octanol–water partition coefficient (Wildman–Crippen LogP) is 1.58. The zero-order chi connectivity index (χ0) is 24.1. The van der Waals surface area contributed by atoms with Crippen LogP contribution in [-0.4, -0.2) is 53.7 Å². The van der Waals surface area contributed by atoms with E-state index >= 15 is 0 Å². The van der Waals surface area contributed by atoms with Crippen LogP contribution < -0.4 is 15.8 Å². The molecule has 0 radical (unpaired) electrons. The van der Waals surface area contributed by atoms with E-state index in [1.807, 2.05) is 4.72 Å². The van der Waals surface area contributed by atoms with Crippen molar-refractivity contribution in [2.75, 3.05) is 5.32 Å². The molecule has 7 N–H and O–H groups in total. The fraction of sp³-hybridized carbons (Fsp3) is 0.200. The summed E-state index contributed by atoms with van der Waals surface area (Å²) in [6.07, 6.45) is -3.74. The molecule has 0 aliphatic heterocycles. The molecule has 170 valence electrons. The van der Waals surface area contributed by atoms with Crippen LogP contribution >= 0.6 is 11.6 Å². The van der Waals surface area contributed by atoms with Crippen LogP contribution in [0.2, 0.25) is 5.02 Å². The molecule has 0 aliphatic rings. The summed E-state index contributed by atoms with van der Waals surface area (Å²) in [5.74, 6) is -4.28. The molecule has 0 unspecified atom stereocenters. The summed E-state index contributed by atoms with van der Waals surface area (Å²) < 4.78 is 58.4. The predicted molar refractivity (Wildman–Crippen MR) is 103 cm³/mol. The van der Waals surface area contributed by atoms with Crippen LogP contribution in [0.3, 0.4) is 0 Å². The number of fused-ring (bicyclic) bond motifs is 1. The average molecular weight is 486 g/mol. The van der Waals surface area contributed by atoms with Gasteiger partial charge in [0.25, 0.3) is 0 Å². The molecule has 0 spiro atoms. The van der Waals surface area contributed by atoms with E-state index < -0.39 is 34.2 Å². The number of aliphatic carboxylic acids is 2. The maximum atomic E-state index is 12.3. The van der Waals surface area contributed by atoms with Gasteiger partial charge >= 0.3 is 18.1 Å². The molecule has 1 aromatic carbocycles. The summed E-state index contributed by atoms with van der Waals surface area (Å²) in [7, 11) is -4.07. The molecule has 2 rings (SSSR count). The van der Waals surface area contributed by atoms with Crippen LogP contribution in [0.15, 0.2) is 29.3 Å². The van der Waals surface area contributed by atoms with Crippen molar-refractivity contribution in [3.8, 4) is 0 Å². The third-order valence-electron chi connectivity index (χ3n) is 3.32. The molecule has 1 atom stereocenters. The number of alkyl halides is 3. The van der Waals surface area contributed by atoms with Gasteiger partial charge in [0.1, 0.15) is 11.9 Å². The van der Waals surface area contributed by atoms with Gasteiger partial charge in [-0.3, -0.25) is 10.2 Å². The zero-order valence-electron chi connectivity index (χ0n) is 15.4. The highest BCUT2D eigenvalue weighted by Crippen LogP contribution is 2.30. The first-order valence-electron chi connectivity index (χ1n) is 7.80. The van der Waals surface area contributed by atoms with Crippen molar-refractivity contribution >= 4 is 56.1 Å². The number of pyridine rings is 1. The maximum Gasteiger partial charge on any atom is 0.490 e. The van der Waals surface area contributed by atoms with Crippen molar-refractivity contribution in [2.24, 2.45) is 5.73 Å². The van der Waals surface area contributed by atoms with Gasteiger partial charge in [-0.15, -0.1) is 0 Å². The van der Waals surface area contributed by atoms with Gasteiger partial charge in [0.15, 0.2) is 5.96 Å². The molecule has 0 aliphatic carbocycles. The van der Waals surface area contributed by atoms with Crippen LogP contribution in [0.1, 0.15) is 6.92 Å². The number of hydrogen-bond donors (Lipinski definition) is 6. The Hall–Kier alpha value is -3.17. The van der Waals surface area contributed by atoms with Crippen molar-refractivity contribution in [3.63, 3.8) is 0 Å². The molecule has 0 amide bonds. The SMILES string of the molecule is C[C@H](NS(=O)(=O)c1ccc2c(Cl)cnc(NC(=N)N)c2c1)C(=O)O.O=C(O)C(F)(F)F. The van der Waals surface area contributed by atoms with E-state index in [9.17, 15) is 26.4 Å². The Morgan fingerprint density at radius 1 is 1.26 bits per heavy atom. The molecule has 31 heavy (non-hydrogen) atoms. The second kappa shape index (κ2) is 9.76. The Kier molecular flexibility index (Phi) is 8.14. The lowest BCUT2D eigenvalue weighted by Crippen LogP contribution is -2.38. The second-order valence-corrected chi connectivity index (χ2v) is 7.81. The lowest BCUT2D eigenvalue weighted by Gasteiger charge is -2.13. The number of carboxylic acid groups (broad SMARTS) is 2. The van der Waals surface area contributed by atoms with Gasteiger partial charge in [-0.25, -0.2) is 18.2 Å². The van der Waals surface area contributed by atoms with Crippen molar-refractivity contribution < 1.29 is 41.4 Å². The molecule has 16 heteroatoms. The Morgan fingerprint density at radius 2 is 1.81 bits per heavy atom. The van der Waals surface area contributed by atoms with Gasteiger partial charge in [0.05, 0.1) is 9.92 Å². The Labute approximate surface area is 177 Å². The number of nitrogens with zero attached hydrogens (tertiary/aromatic N) is 1. The normalized spacial score (nSPS) is 12.4. The summed E-state index contributed by atoms with van der Waals surface area (Å²) in [6, 6.07) is 2.74. The van der Waals surface area contributed by atoms with Crippen LogP contribution in [0.25, 0.3) is 10.8 Å². The molecule has 1 aromatic heterocycles. The summed E-state index contributed by atoms with van der Waals surface area (Å²) >= 11 is 6.04. The standard InChI is InChI=1S/C13H14ClN5O4S.C2HF3O2/c1-6(12(20)21)19-24(22,23)7-2-3-8-9(4-7)11(18-13(15)16)17-5-10(8)14;3-2(4,5)1(6)7/h2-6,19H,1H3,(H,20,21)(H4,15,16,17,18);(H,6,7)/t6-;/m0./s1. The van der Waals surface area contributed by atoms with E-state index in [1.54, 1.807) is 0 Å². The van der Waals surface area contributed by atoms with Crippen LogP contribution in [0, 0.1) is 5.41 Å². The Morgan fingerprint density at radius 3 is 2.26 bits per heavy atom. The Bertz CT molecular complexity index is 1130. The van der Waals surface area contributed by atoms with Gasteiger partial charge in [-0.05, 0) is 19.1 Å². The molecule has 1 heterocycles. The molecule has 11 nitrogen and oxygen atoms in total. The van der Waals surface area contributed by atoms with Gasteiger partial charge in [0.2, 0.25) is 10.0 Å². The lowest BCUT2D eigenvalue weighted by molar-refractivity contribution is -0.192. The molecular weight excluding hydrogens is 471 g/mol. The second-order valence-electron chi connectivity index (χ2n) is 5.68. The number of carboxylic acids is 2. The highest BCUT2D eigenvalue weighted by atomic mass is 35.5. The number of halogens is 4. The van der Waals surface area contributed by atoms with E-state index in [0.717, 1.165) is 0 Å². The lowest BCUT2D eigenvalue weighted by atomic mass is 10.1. The first-order chi connectivity index (χ1) is 14.1. The van der Waals surface area contributed by atoms with Crippen LogP contribution in [0.4, 0.5) is 19.0 Å². The number of carbonyl (C=O) groups is 2. The molecule has 0 bridgehead atoms. The number of nitrogens with one attached hydrogen (secondary N) is 3. The minimum atomic E-state index is -5.08. The van der Waals surface area contributed by atoms with E-state index in [0.29, 0.717) is 10.8 Å². The Balaban J connectivity index is 0.000000592. The highest BCUT2D eigenvalue weighted by molar-refractivity contribution is 7.89. The smallest absolute Gasteiger partial charge is 0.480 e. The number of guanidine groups is 1. The quantitative estimate of drug-likeness (QED) is 0.269. The van der Waals surface area contributed by atoms with Crippen molar-refractivity contribution in [1.82, 2.24) is 9.71 Å². The monoisotopic (exact) mass is 485 g/mol. The number of hydrogen-bond acceptors (Lipinski definition) is 6. The number of nitrogens with two attached hydrogens (primary N) is 1. The number of anilines is 1. The third kappa shape index (κ3) is 7.23. The molecule has 0 saturated heterocycles. The summed E-state index contributed by atoms with van der Waals surface area (Å²) in [4.78, 5) is 23.6. The topological polar surface area (TPSA) is 196 Å². The molecule has 2 aromatic rings. The number of sulfonamides is 1. The largest absolute Gasteiger partial charge is 0.490 e. The fourth-order valence-corrected chi connectivity index (χ4v) is 3.37. The van der Waals surface area contributed by atoms with Gasteiger partial charge in [0, 0.05) is 17.0 Å². The number of benzene rings is 1. The van der Waals surface area contributed by atoms with Crippen LogP contribution in [0.5, 0.6) is 0 Å². The minimum absolute atomic E-state index is 0.158. The van der Waals surface area contributed by atoms with E-state index in [2.05, 4.69) is 10.3 Å². The third-order valence-corrected chi connectivity index (χ3v) is 5.16. The first kappa shape index (κ1) is 25.9. The summed E-state index contributed by atoms with van der Waals surface area (Å²) in [6.45, 7) is 1.21. The van der Waals surface area contributed by atoms with Gasteiger partial charge in [-0.2, -0.15) is 17.9 Å².